The molecule has 1 aromatic heterocycles. The smallest absolute Gasteiger partial charge is 0.0701 e. The SMILES string of the molecule is NCCC(c1ccc(Br)s1)C1CC1. The maximum absolute atomic E-state index is 5.63. The predicted molar refractivity (Wildman–Crippen MR) is 61.2 cm³/mol. The highest BCUT2D eigenvalue weighted by atomic mass is 79.9. The fourth-order valence-electron chi connectivity index (χ4n) is 1.82. The molecule has 1 heterocycles. The molecule has 0 saturated heterocycles. The van der Waals surface area contributed by atoms with Gasteiger partial charge in [0.05, 0.1) is 3.79 Å². The Bertz CT molecular complexity index is 280. The summed E-state index contributed by atoms with van der Waals surface area (Å²) in [5.74, 6) is 1.66. The van der Waals surface area contributed by atoms with E-state index in [-0.39, 0.29) is 0 Å². The van der Waals surface area contributed by atoms with Crippen LogP contribution in [0.5, 0.6) is 0 Å². The minimum Gasteiger partial charge on any atom is -0.330 e. The maximum atomic E-state index is 5.63. The average molecular weight is 260 g/mol. The molecular formula is C10H14BrNS. The zero-order valence-electron chi connectivity index (χ0n) is 7.50. The Morgan fingerprint density at radius 3 is 2.77 bits per heavy atom. The first-order valence-electron chi connectivity index (χ1n) is 4.76. The van der Waals surface area contributed by atoms with Gasteiger partial charge in [-0.15, -0.1) is 11.3 Å². The van der Waals surface area contributed by atoms with Gasteiger partial charge < -0.3 is 5.73 Å². The minimum absolute atomic E-state index is 0.737. The first-order chi connectivity index (χ1) is 6.31. The Morgan fingerprint density at radius 2 is 2.31 bits per heavy atom. The minimum atomic E-state index is 0.737. The zero-order chi connectivity index (χ0) is 9.26. The van der Waals surface area contributed by atoms with E-state index in [4.69, 9.17) is 5.73 Å². The van der Waals surface area contributed by atoms with Crippen molar-refractivity contribution in [2.75, 3.05) is 6.54 Å². The number of thiophene rings is 1. The van der Waals surface area contributed by atoms with Crippen LogP contribution >= 0.6 is 27.3 Å². The normalized spacial score (nSPS) is 18.9. The van der Waals surface area contributed by atoms with Gasteiger partial charge in [-0.05, 0) is 65.7 Å². The van der Waals surface area contributed by atoms with Crippen LogP contribution in [0.3, 0.4) is 0 Å². The third kappa shape index (κ3) is 2.33. The third-order valence-corrected chi connectivity index (χ3v) is 4.38. The summed E-state index contributed by atoms with van der Waals surface area (Å²) >= 11 is 5.37. The van der Waals surface area contributed by atoms with Crippen molar-refractivity contribution < 1.29 is 0 Å². The fourth-order valence-corrected chi connectivity index (χ4v) is 3.47. The number of rotatable bonds is 4. The molecule has 2 rings (SSSR count). The summed E-state index contributed by atoms with van der Waals surface area (Å²) in [7, 11) is 0. The third-order valence-electron chi connectivity index (χ3n) is 2.63. The van der Waals surface area contributed by atoms with E-state index in [9.17, 15) is 0 Å². The largest absolute Gasteiger partial charge is 0.330 e. The van der Waals surface area contributed by atoms with Gasteiger partial charge >= 0.3 is 0 Å². The average Bonchev–Trinajstić information content (AvgIpc) is 2.85. The first kappa shape index (κ1) is 9.69. The molecule has 72 valence electrons. The molecule has 3 heteroatoms. The van der Waals surface area contributed by atoms with Gasteiger partial charge in [0.25, 0.3) is 0 Å². The van der Waals surface area contributed by atoms with Crippen LogP contribution < -0.4 is 5.73 Å². The molecule has 1 nitrogen and oxygen atoms in total. The van der Waals surface area contributed by atoms with Crippen molar-refractivity contribution >= 4 is 27.3 Å². The van der Waals surface area contributed by atoms with E-state index in [2.05, 4.69) is 28.1 Å². The molecule has 1 aliphatic carbocycles. The van der Waals surface area contributed by atoms with Gasteiger partial charge in [-0.1, -0.05) is 0 Å². The lowest BCUT2D eigenvalue weighted by molar-refractivity contribution is 0.574. The molecule has 0 spiro atoms. The van der Waals surface area contributed by atoms with Gasteiger partial charge in [0.15, 0.2) is 0 Å². The Balaban J connectivity index is 2.10. The van der Waals surface area contributed by atoms with E-state index in [1.807, 2.05) is 11.3 Å². The first-order valence-corrected chi connectivity index (χ1v) is 6.37. The van der Waals surface area contributed by atoms with Crippen LogP contribution in [0.1, 0.15) is 30.1 Å². The quantitative estimate of drug-likeness (QED) is 0.882. The van der Waals surface area contributed by atoms with Gasteiger partial charge in [0, 0.05) is 4.88 Å². The van der Waals surface area contributed by atoms with Crippen LogP contribution in [-0.4, -0.2) is 6.54 Å². The highest BCUT2D eigenvalue weighted by Gasteiger charge is 2.32. The second-order valence-electron chi connectivity index (χ2n) is 3.66. The number of hydrogen-bond donors (Lipinski definition) is 1. The summed E-state index contributed by atoms with van der Waals surface area (Å²) in [5, 5.41) is 0. The molecule has 1 unspecified atom stereocenters. The second kappa shape index (κ2) is 4.11. The summed E-state index contributed by atoms with van der Waals surface area (Å²) in [6.45, 7) is 0.816. The molecule has 1 aliphatic rings. The van der Waals surface area contributed by atoms with Crippen LogP contribution in [0.15, 0.2) is 15.9 Å². The fraction of sp³-hybridized carbons (Fsp3) is 0.600. The maximum Gasteiger partial charge on any atom is 0.0701 e. The lowest BCUT2D eigenvalue weighted by Crippen LogP contribution is -2.07. The highest BCUT2D eigenvalue weighted by molar-refractivity contribution is 9.11. The van der Waals surface area contributed by atoms with Gasteiger partial charge in [0.2, 0.25) is 0 Å². The summed E-state index contributed by atoms with van der Waals surface area (Å²) in [4.78, 5) is 1.51. The van der Waals surface area contributed by atoms with Crippen molar-refractivity contribution in [2.24, 2.45) is 11.7 Å². The topological polar surface area (TPSA) is 26.0 Å². The molecule has 1 fully saturated rings. The lowest BCUT2D eigenvalue weighted by atomic mass is 9.98. The van der Waals surface area contributed by atoms with Crippen molar-refractivity contribution in [3.8, 4) is 0 Å². The second-order valence-corrected chi connectivity index (χ2v) is 6.16. The number of hydrogen-bond acceptors (Lipinski definition) is 2. The molecule has 0 aromatic carbocycles. The Hall–Kier alpha value is 0.140. The van der Waals surface area contributed by atoms with Crippen molar-refractivity contribution in [3.63, 3.8) is 0 Å². The van der Waals surface area contributed by atoms with Crippen molar-refractivity contribution in [1.82, 2.24) is 0 Å². The zero-order valence-corrected chi connectivity index (χ0v) is 9.90. The Morgan fingerprint density at radius 1 is 1.54 bits per heavy atom. The molecule has 1 atom stereocenters. The van der Waals surface area contributed by atoms with E-state index < -0.39 is 0 Å². The van der Waals surface area contributed by atoms with Crippen LogP contribution in [0, 0.1) is 5.92 Å². The van der Waals surface area contributed by atoms with E-state index >= 15 is 0 Å². The molecule has 0 aliphatic heterocycles. The standard InChI is InChI=1S/C10H14BrNS/c11-10-4-3-9(13-10)8(5-6-12)7-1-2-7/h3-4,7-8H,1-2,5-6,12H2. The molecule has 2 N–H and O–H groups in total. The number of nitrogens with two attached hydrogens (primary N) is 1. The molecule has 0 amide bonds. The van der Waals surface area contributed by atoms with E-state index in [0.717, 1.165) is 24.8 Å². The van der Waals surface area contributed by atoms with Crippen molar-refractivity contribution in [2.45, 2.75) is 25.2 Å². The summed E-state index contributed by atoms with van der Waals surface area (Å²) < 4.78 is 1.24. The van der Waals surface area contributed by atoms with Crippen LogP contribution in [0.4, 0.5) is 0 Å². The van der Waals surface area contributed by atoms with Crippen molar-refractivity contribution in [1.29, 1.82) is 0 Å². The van der Waals surface area contributed by atoms with E-state index in [1.165, 1.54) is 21.5 Å². The Kier molecular flexibility index (Phi) is 3.06. The predicted octanol–water partition coefficient (Wildman–Crippen LogP) is 3.35. The van der Waals surface area contributed by atoms with Gasteiger partial charge in [-0.3, -0.25) is 0 Å². The monoisotopic (exact) mass is 259 g/mol. The van der Waals surface area contributed by atoms with Crippen LogP contribution in [-0.2, 0) is 0 Å². The molecule has 0 bridgehead atoms. The molecular weight excluding hydrogens is 246 g/mol. The van der Waals surface area contributed by atoms with E-state index in [0.29, 0.717) is 0 Å². The molecule has 0 radical (unpaired) electrons. The van der Waals surface area contributed by atoms with Crippen molar-refractivity contribution in [3.05, 3.63) is 20.8 Å². The van der Waals surface area contributed by atoms with Gasteiger partial charge in [0.1, 0.15) is 0 Å². The Labute approximate surface area is 91.5 Å². The van der Waals surface area contributed by atoms with E-state index in [1.54, 1.807) is 0 Å². The van der Waals surface area contributed by atoms with Crippen LogP contribution in [0.25, 0.3) is 0 Å². The van der Waals surface area contributed by atoms with Crippen LogP contribution in [0.2, 0.25) is 0 Å². The lowest BCUT2D eigenvalue weighted by Gasteiger charge is -2.12. The molecule has 1 aromatic rings. The van der Waals surface area contributed by atoms with Gasteiger partial charge in [-0.2, -0.15) is 0 Å². The summed E-state index contributed by atoms with van der Waals surface area (Å²) in [6.07, 6.45) is 3.96. The molecule has 1 saturated carbocycles. The molecule has 13 heavy (non-hydrogen) atoms. The number of halogens is 1. The summed E-state index contributed by atoms with van der Waals surface area (Å²) in [5.41, 5.74) is 5.63. The highest BCUT2D eigenvalue weighted by Crippen LogP contribution is 2.46. The van der Waals surface area contributed by atoms with Gasteiger partial charge in [-0.25, -0.2) is 0 Å². The summed E-state index contributed by atoms with van der Waals surface area (Å²) in [6, 6.07) is 4.39.